The second-order valence-corrected chi connectivity index (χ2v) is 6.63. The van der Waals surface area contributed by atoms with E-state index in [0.717, 1.165) is 11.4 Å². The van der Waals surface area contributed by atoms with Crippen LogP contribution in [0.25, 0.3) is 0 Å². The summed E-state index contributed by atoms with van der Waals surface area (Å²) >= 11 is 1.77. The summed E-state index contributed by atoms with van der Waals surface area (Å²) in [5.74, 6) is 2.28. The summed E-state index contributed by atoms with van der Waals surface area (Å²) in [6.07, 6.45) is 0. The molecule has 2 aromatic carbocycles. The van der Waals surface area contributed by atoms with Crippen molar-refractivity contribution in [3.05, 3.63) is 72.1 Å². The molecule has 0 amide bonds. The third-order valence-corrected chi connectivity index (χ3v) is 4.62. The van der Waals surface area contributed by atoms with Gasteiger partial charge in [0, 0.05) is 11.4 Å². The largest absolute Gasteiger partial charge is 0.368 e. The van der Waals surface area contributed by atoms with Crippen molar-refractivity contribution in [1.29, 1.82) is 0 Å². The highest BCUT2D eigenvalue weighted by atomic mass is 32.2. The highest BCUT2D eigenvalue weighted by molar-refractivity contribution is 7.98. The van der Waals surface area contributed by atoms with E-state index >= 15 is 0 Å². The van der Waals surface area contributed by atoms with Crippen molar-refractivity contribution in [2.45, 2.75) is 17.9 Å². The molecule has 0 bridgehead atoms. The molecule has 0 radical (unpaired) electrons. The minimum absolute atomic E-state index is 0.117. The molecule has 122 valence electrons. The van der Waals surface area contributed by atoms with Crippen LogP contribution in [0.4, 0.5) is 17.6 Å². The van der Waals surface area contributed by atoms with E-state index in [9.17, 15) is 0 Å². The molecule has 1 unspecified atom stereocenters. The molecule has 1 heterocycles. The van der Waals surface area contributed by atoms with E-state index in [0.29, 0.717) is 11.8 Å². The summed E-state index contributed by atoms with van der Waals surface area (Å²) in [7, 11) is 0. The topological polar surface area (TPSA) is 76.7 Å². The molecule has 0 aliphatic rings. The van der Waals surface area contributed by atoms with Gasteiger partial charge in [0.15, 0.2) is 0 Å². The summed E-state index contributed by atoms with van der Waals surface area (Å²) in [5, 5.41) is 3.28. The zero-order chi connectivity index (χ0) is 16.8. The van der Waals surface area contributed by atoms with E-state index in [2.05, 4.69) is 39.3 Å². The average molecular weight is 337 g/mol. The number of nitrogens with zero attached hydrogens (tertiary/aromatic N) is 3. The van der Waals surface area contributed by atoms with Gasteiger partial charge in [0.05, 0.1) is 5.25 Å². The number of hydrogen-bond donors (Lipinski definition) is 2. The lowest BCUT2D eigenvalue weighted by Crippen LogP contribution is -2.08. The van der Waals surface area contributed by atoms with Crippen molar-refractivity contribution in [2.24, 2.45) is 0 Å². The van der Waals surface area contributed by atoms with Crippen molar-refractivity contribution < 1.29 is 0 Å². The minimum Gasteiger partial charge on any atom is -0.368 e. The molecule has 24 heavy (non-hydrogen) atoms. The van der Waals surface area contributed by atoms with Gasteiger partial charge in [-0.05, 0) is 24.6 Å². The predicted octanol–water partition coefficient (Wildman–Crippen LogP) is 4.19. The molecule has 0 saturated heterocycles. The van der Waals surface area contributed by atoms with Gasteiger partial charge in [-0.25, -0.2) is 0 Å². The molecule has 0 aliphatic heterocycles. The molecule has 5 nitrogen and oxygen atoms in total. The highest BCUT2D eigenvalue weighted by Gasteiger charge is 2.13. The zero-order valence-corrected chi connectivity index (χ0v) is 14.2. The van der Waals surface area contributed by atoms with E-state index in [1.807, 2.05) is 48.5 Å². The fourth-order valence-corrected chi connectivity index (χ4v) is 3.06. The van der Waals surface area contributed by atoms with Gasteiger partial charge in [-0.3, -0.25) is 0 Å². The molecule has 1 aromatic heterocycles. The van der Waals surface area contributed by atoms with Gasteiger partial charge in [-0.15, -0.1) is 11.8 Å². The Labute approximate surface area is 145 Å². The van der Waals surface area contributed by atoms with Gasteiger partial charge in [-0.1, -0.05) is 48.5 Å². The number of nitrogens with two attached hydrogens (primary N) is 1. The normalized spacial score (nSPS) is 11.9. The Morgan fingerprint density at radius 1 is 0.958 bits per heavy atom. The highest BCUT2D eigenvalue weighted by Crippen LogP contribution is 2.29. The first-order chi connectivity index (χ1) is 11.7. The Morgan fingerprint density at radius 3 is 2.33 bits per heavy atom. The van der Waals surface area contributed by atoms with Crippen LogP contribution in [-0.4, -0.2) is 15.0 Å². The number of para-hydroxylation sites is 1. The molecular weight excluding hydrogens is 318 g/mol. The van der Waals surface area contributed by atoms with Gasteiger partial charge in [-0.2, -0.15) is 15.0 Å². The summed E-state index contributed by atoms with van der Waals surface area (Å²) < 4.78 is 0. The molecule has 0 fully saturated rings. The number of thioether (sulfide) groups is 1. The second kappa shape index (κ2) is 7.79. The smallest absolute Gasteiger partial charge is 0.232 e. The van der Waals surface area contributed by atoms with Crippen molar-refractivity contribution in [2.75, 3.05) is 11.1 Å². The van der Waals surface area contributed by atoms with Gasteiger partial charge in [0.1, 0.15) is 5.82 Å². The monoisotopic (exact) mass is 337 g/mol. The van der Waals surface area contributed by atoms with Crippen LogP contribution >= 0.6 is 11.8 Å². The van der Waals surface area contributed by atoms with Crippen LogP contribution in [0.5, 0.6) is 0 Å². The van der Waals surface area contributed by atoms with Crippen molar-refractivity contribution in [1.82, 2.24) is 15.0 Å². The fraction of sp³-hybridized carbons (Fsp3) is 0.167. The fourth-order valence-electron chi connectivity index (χ4n) is 2.17. The maximum absolute atomic E-state index is 5.85. The van der Waals surface area contributed by atoms with Gasteiger partial charge < -0.3 is 11.1 Å². The average Bonchev–Trinajstić information content (AvgIpc) is 2.61. The van der Waals surface area contributed by atoms with Crippen LogP contribution in [0.1, 0.15) is 23.6 Å². The zero-order valence-electron chi connectivity index (χ0n) is 13.4. The number of nitrogens with one attached hydrogen (secondary N) is 1. The molecular formula is C18H19N5S. The van der Waals surface area contributed by atoms with E-state index in [1.54, 1.807) is 11.8 Å². The van der Waals surface area contributed by atoms with Crippen LogP contribution in [-0.2, 0) is 5.75 Å². The van der Waals surface area contributed by atoms with Gasteiger partial charge in [0.2, 0.25) is 11.9 Å². The molecule has 3 aromatic rings. The van der Waals surface area contributed by atoms with Crippen LogP contribution in [0.15, 0.2) is 60.7 Å². The lowest BCUT2D eigenvalue weighted by Gasteiger charge is -2.12. The number of hydrogen-bond acceptors (Lipinski definition) is 6. The molecule has 0 spiro atoms. The number of nitrogen functional groups attached to an aromatic ring is 1. The number of rotatable bonds is 6. The Bertz CT molecular complexity index is 780. The molecule has 3 N–H and O–H groups in total. The Hall–Kier alpha value is -2.60. The van der Waals surface area contributed by atoms with Crippen molar-refractivity contribution in [3.8, 4) is 0 Å². The quantitative estimate of drug-likeness (QED) is 0.702. The molecule has 6 heteroatoms. The van der Waals surface area contributed by atoms with Gasteiger partial charge >= 0.3 is 0 Å². The van der Waals surface area contributed by atoms with Crippen LogP contribution in [0.2, 0.25) is 0 Å². The first kappa shape index (κ1) is 16.3. The Balaban J connectivity index is 1.70. The second-order valence-electron chi connectivity index (χ2n) is 5.31. The summed E-state index contributed by atoms with van der Waals surface area (Å²) in [6, 6.07) is 20.1. The SMILES string of the molecule is CC(SCc1ccccc1)c1nc(N)nc(Nc2ccccc2)n1. The third-order valence-electron chi connectivity index (χ3n) is 3.41. The van der Waals surface area contributed by atoms with Crippen molar-refractivity contribution >= 4 is 29.3 Å². The van der Waals surface area contributed by atoms with Crippen molar-refractivity contribution in [3.63, 3.8) is 0 Å². The summed E-state index contributed by atoms with van der Waals surface area (Å²) in [5.41, 5.74) is 8.04. The Kier molecular flexibility index (Phi) is 5.28. The lowest BCUT2D eigenvalue weighted by atomic mass is 10.2. The maximum Gasteiger partial charge on any atom is 0.232 e. The lowest BCUT2D eigenvalue weighted by molar-refractivity contribution is 0.896. The van der Waals surface area contributed by atoms with E-state index < -0.39 is 0 Å². The molecule has 0 aliphatic carbocycles. The summed E-state index contributed by atoms with van der Waals surface area (Å²) in [6.45, 7) is 2.08. The first-order valence-corrected chi connectivity index (χ1v) is 8.74. The molecule has 0 saturated carbocycles. The van der Waals surface area contributed by atoms with Crippen LogP contribution in [0.3, 0.4) is 0 Å². The molecule has 3 rings (SSSR count). The van der Waals surface area contributed by atoms with E-state index in [4.69, 9.17) is 5.73 Å². The predicted molar refractivity (Wildman–Crippen MR) is 100 cm³/mol. The number of benzene rings is 2. The standard InChI is InChI=1S/C18H19N5S/c1-13(24-12-14-8-4-2-5-9-14)16-21-17(19)23-18(22-16)20-15-10-6-3-7-11-15/h2-11,13H,12H2,1H3,(H3,19,20,21,22,23). The maximum atomic E-state index is 5.85. The van der Waals surface area contributed by atoms with E-state index in [1.165, 1.54) is 5.56 Å². The van der Waals surface area contributed by atoms with E-state index in [-0.39, 0.29) is 11.2 Å². The third kappa shape index (κ3) is 4.45. The number of aromatic nitrogens is 3. The minimum atomic E-state index is 0.117. The van der Waals surface area contributed by atoms with Crippen LogP contribution < -0.4 is 11.1 Å². The first-order valence-electron chi connectivity index (χ1n) is 7.70. The molecule has 1 atom stereocenters. The number of anilines is 3. The Morgan fingerprint density at radius 2 is 1.62 bits per heavy atom. The van der Waals surface area contributed by atoms with Gasteiger partial charge in [0.25, 0.3) is 0 Å². The van der Waals surface area contributed by atoms with Crippen LogP contribution in [0, 0.1) is 0 Å². The summed E-state index contributed by atoms with van der Waals surface area (Å²) in [4.78, 5) is 13.0.